The molecule has 0 atom stereocenters. The molecule has 0 unspecified atom stereocenters. The minimum Gasteiger partial charge on any atom is -0.405 e. The molecule has 0 spiro atoms. The van der Waals surface area contributed by atoms with Gasteiger partial charge in [-0.1, -0.05) is 46.6 Å². The van der Waals surface area contributed by atoms with Crippen molar-refractivity contribution >= 4 is 0 Å². The predicted molar refractivity (Wildman–Crippen MR) is 69.3 cm³/mol. The lowest BCUT2D eigenvalue weighted by Gasteiger charge is -2.00. The summed E-state index contributed by atoms with van der Waals surface area (Å²) in [6.45, 7) is 14.4. The Labute approximate surface area is 91.1 Å². The van der Waals surface area contributed by atoms with E-state index in [-0.39, 0.29) is 0 Å². The number of hydrogen-bond donors (Lipinski definition) is 1. The average Bonchev–Trinajstić information content (AvgIpc) is 2.23. The highest BCUT2D eigenvalue weighted by Crippen LogP contribution is 2.10. The fourth-order valence-electron chi connectivity index (χ4n) is 0.885. The number of rotatable bonds is 3. The molecule has 0 rings (SSSR count). The molecule has 0 fully saturated rings. The zero-order valence-electron chi connectivity index (χ0n) is 11.1. The molecule has 0 saturated heterocycles. The summed E-state index contributed by atoms with van der Waals surface area (Å²) in [4.78, 5) is 0. The minimum absolute atomic E-state index is 1.13. The maximum Gasteiger partial charge on any atom is -0.00596 e. The second kappa shape index (κ2) is 18.1. The lowest BCUT2D eigenvalue weighted by atomic mass is 10.1. The van der Waals surface area contributed by atoms with Gasteiger partial charge >= 0.3 is 0 Å². The summed E-state index contributed by atoms with van der Waals surface area (Å²) in [6.07, 6.45) is 5.91. The molecule has 1 nitrogen and oxygen atoms in total. The molecular formula is C13H29N. The second-order valence-corrected chi connectivity index (χ2v) is 2.63. The van der Waals surface area contributed by atoms with Crippen LogP contribution in [0.2, 0.25) is 0 Å². The van der Waals surface area contributed by atoms with E-state index < -0.39 is 0 Å². The number of allylic oxidation sites excluding steroid dienone is 3. The van der Waals surface area contributed by atoms with Gasteiger partial charge in [0.2, 0.25) is 0 Å². The van der Waals surface area contributed by atoms with Crippen LogP contribution in [0.25, 0.3) is 0 Å². The fraction of sp³-hybridized carbons (Fsp3) is 0.692. The van der Waals surface area contributed by atoms with E-state index in [1.165, 1.54) is 17.6 Å². The first kappa shape index (κ1) is 18.9. The molecule has 0 aromatic rings. The Hall–Kier alpha value is -0.720. The molecule has 14 heavy (non-hydrogen) atoms. The van der Waals surface area contributed by atoms with E-state index in [9.17, 15) is 0 Å². The summed E-state index contributed by atoms with van der Waals surface area (Å²) in [5.74, 6) is 0. The van der Waals surface area contributed by atoms with Gasteiger partial charge in [-0.15, -0.1) is 0 Å². The van der Waals surface area contributed by atoms with Crippen LogP contribution in [0.1, 0.15) is 61.3 Å². The highest BCUT2D eigenvalue weighted by atomic mass is 14.5. The first-order chi connectivity index (χ1) is 6.72. The van der Waals surface area contributed by atoms with Crippen LogP contribution in [0, 0.1) is 0 Å². The van der Waals surface area contributed by atoms with Gasteiger partial charge in [-0.2, -0.15) is 0 Å². The normalized spacial score (nSPS) is 8.21. The van der Waals surface area contributed by atoms with Gasteiger partial charge in [0, 0.05) is 0 Å². The van der Waals surface area contributed by atoms with E-state index in [0.717, 1.165) is 6.42 Å². The summed E-state index contributed by atoms with van der Waals surface area (Å²) >= 11 is 0. The molecule has 0 amide bonds. The summed E-state index contributed by atoms with van der Waals surface area (Å²) in [5.41, 5.74) is 8.01. The highest BCUT2D eigenvalue weighted by Gasteiger charge is 1.91. The number of nitrogens with two attached hydrogens (primary N) is 1. The summed E-state index contributed by atoms with van der Waals surface area (Å²) in [6, 6.07) is 0. The molecule has 0 aliphatic heterocycles. The largest absolute Gasteiger partial charge is 0.405 e. The van der Waals surface area contributed by atoms with Crippen LogP contribution in [0.5, 0.6) is 0 Å². The Kier molecular flexibility index (Phi) is 24.6. The molecule has 0 aromatic carbocycles. The van der Waals surface area contributed by atoms with Crippen LogP contribution in [0.4, 0.5) is 0 Å². The van der Waals surface area contributed by atoms with Gasteiger partial charge in [0.25, 0.3) is 0 Å². The molecule has 2 N–H and O–H groups in total. The Bertz CT molecular complexity index is 139. The Morgan fingerprint density at radius 3 is 1.71 bits per heavy atom. The van der Waals surface area contributed by atoms with Gasteiger partial charge < -0.3 is 5.73 Å². The van der Waals surface area contributed by atoms with Gasteiger partial charge in [-0.3, -0.25) is 0 Å². The van der Waals surface area contributed by atoms with Crippen molar-refractivity contribution in [3.05, 3.63) is 23.4 Å². The van der Waals surface area contributed by atoms with Crippen molar-refractivity contribution in [2.24, 2.45) is 5.73 Å². The van der Waals surface area contributed by atoms with E-state index in [4.69, 9.17) is 5.73 Å². The van der Waals surface area contributed by atoms with Gasteiger partial charge in [-0.05, 0) is 38.1 Å². The van der Waals surface area contributed by atoms with E-state index >= 15 is 0 Å². The van der Waals surface area contributed by atoms with Crippen LogP contribution < -0.4 is 5.73 Å². The van der Waals surface area contributed by atoms with Crippen molar-refractivity contribution in [3.8, 4) is 0 Å². The van der Waals surface area contributed by atoms with Crippen molar-refractivity contribution in [1.82, 2.24) is 0 Å². The zero-order chi connectivity index (χ0) is 12.0. The molecule has 0 bridgehead atoms. The maximum absolute atomic E-state index is 5.28. The van der Waals surface area contributed by atoms with E-state index in [2.05, 4.69) is 20.8 Å². The van der Waals surface area contributed by atoms with Gasteiger partial charge in [0.1, 0.15) is 0 Å². The monoisotopic (exact) mass is 199 g/mol. The lowest BCUT2D eigenvalue weighted by molar-refractivity contribution is 0.912. The zero-order valence-corrected chi connectivity index (χ0v) is 11.1. The molecule has 0 heterocycles. The molecule has 0 aliphatic carbocycles. The van der Waals surface area contributed by atoms with Crippen molar-refractivity contribution in [2.75, 3.05) is 0 Å². The summed E-state index contributed by atoms with van der Waals surface area (Å²) in [5, 5.41) is 0. The smallest absolute Gasteiger partial charge is 0.00596 e. The minimum atomic E-state index is 1.13. The van der Waals surface area contributed by atoms with Crippen molar-refractivity contribution < 1.29 is 0 Å². The lowest BCUT2D eigenvalue weighted by Crippen LogP contribution is -1.84. The Balaban J connectivity index is -0.000000266. The maximum atomic E-state index is 5.28. The quantitative estimate of drug-likeness (QED) is 0.658. The fourth-order valence-corrected chi connectivity index (χ4v) is 0.885. The van der Waals surface area contributed by atoms with E-state index in [1.807, 2.05) is 33.8 Å². The summed E-state index contributed by atoms with van der Waals surface area (Å²) < 4.78 is 0. The van der Waals surface area contributed by atoms with Gasteiger partial charge in [-0.25, -0.2) is 0 Å². The first-order valence-corrected chi connectivity index (χ1v) is 5.77. The Morgan fingerprint density at radius 1 is 1.07 bits per heavy atom. The van der Waals surface area contributed by atoms with Crippen LogP contribution in [0.15, 0.2) is 23.4 Å². The molecule has 0 radical (unpaired) electrons. The van der Waals surface area contributed by atoms with Gasteiger partial charge in [0.15, 0.2) is 0 Å². The second-order valence-electron chi connectivity index (χ2n) is 2.63. The Morgan fingerprint density at radius 2 is 1.50 bits per heavy atom. The third-order valence-corrected chi connectivity index (χ3v) is 1.46. The van der Waals surface area contributed by atoms with Gasteiger partial charge in [0.05, 0.1) is 0 Å². The topological polar surface area (TPSA) is 26.0 Å². The molecule has 0 saturated carbocycles. The molecule has 86 valence electrons. The van der Waals surface area contributed by atoms with E-state index in [1.54, 1.807) is 6.20 Å². The summed E-state index contributed by atoms with van der Waals surface area (Å²) in [7, 11) is 0. The van der Waals surface area contributed by atoms with Crippen molar-refractivity contribution in [2.45, 2.75) is 61.3 Å². The highest BCUT2D eigenvalue weighted by molar-refractivity contribution is 5.22. The number of hydrogen-bond acceptors (Lipinski definition) is 1. The first-order valence-electron chi connectivity index (χ1n) is 5.77. The SMILES string of the molecule is CC.CC.CCCC(/C=C\N)=C(C)C. The van der Waals surface area contributed by atoms with Crippen LogP contribution >= 0.6 is 0 Å². The van der Waals surface area contributed by atoms with Crippen LogP contribution in [-0.4, -0.2) is 0 Å². The van der Waals surface area contributed by atoms with Crippen molar-refractivity contribution in [1.29, 1.82) is 0 Å². The molecule has 1 heteroatoms. The predicted octanol–water partition coefficient (Wildman–Crippen LogP) is 4.65. The molecular weight excluding hydrogens is 170 g/mol. The molecule has 0 aliphatic rings. The third kappa shape index (κ3) is 13.8. The average molecular weight is 199 g/mol. The van der Waals surface area contributed by atoms with Crippen LogP contribution in [-0.2, 0) is 0 Å². The third-order valence-electron chi connectivity index (χ3n) is 1.46. The van der Waals surface area contributed by atoms with E-state index in [0.29, 0.717) is 0 Å². The standard InChI is InChI=1S/C9H17N.2C2H6/c1-4-5-9(6-7-10)8(2)3;2*1-2/h6-7H,4-5,10H2,1-3H3;2*1-2H3/b7-6-;;. The van der Waals surface area contributed by atoms with Crippen LogP contribution in [0.3, 0.4) is 0 Å². The van der Waals surface area contributed by atoms with Crippen molar-refractivity contribution in [3.63, 3.8) is 0 Å². The molecule has 0 aromatic heterocycles.